The Hall–Kier alpha value is -2.97. The zero-order chi connectivity index (χ0) is 23.2. The van der Waals surface area contributed by atoms with Crippen molar-refractivity contribution >= 4 is 17.5 Å². The van der Waals surface area contributed by atoms with Gasteiger partial charge < -0.3 is 14.4 Å². The third kappa shape index (κ3) is 5.69. The first-order chi connectivity index (χ1) is 16.0. The van der Waals surface area contributed by atoms with Crippen LogP contribution in [0.25, 0.3) is 0 Å². The highest BCUT2D eigenvalue weighted by Crippen LogP contribution is 2.35. The molecule has 0 aliphatic carbocycles. The highest BCUT2D eigenvalue weighted by molar-refractivity contribution is 6.04. The van der Waals surface area contributed by atoms with E-state index in [0.717, 1.165) is 25.2 Å². The molecule has 8 heteroatoms. The number of pyridine rings is 1. The molecule has 1 unspecified atom stereocenters. The third-order valence-corrected chi connectivity index (χ3v) is 6.08. The predicted molar refractivity (Wildman–Crippen MR) is 125 cm³/mol. The first-order valence-electron chi connectivity index (χ1n) is 11.6. The summed E-state index contributed by atoms with van der Waals surface area (Å²) >= 11 is 0. The summed E-state index contributed by atoms with van der Waals surface area (Å²) in [5, 5.41) is 0. The Labute approximate surface area is 195 Å². The Morgan fingerprint density at radius 1 is 1.15 bits per heavy atom. The Kier molecular flexibility index (Phi) is 7.57. The zero-order valence-corrected chi connectivity index (χ0v) is 19.4. The number of carbonyl (C=O) groups is 2. The van der Waals surface area contributed by atoms with E-state index in [1.54, 1.807) is 17.3 Å². The van der Waals surface area contributed by atoms with Crippen LogP contribution in [0.15, 0.2) is 48.8 Å². The highest BCUT2D eigenvalue weighted by atomic mass is 16.5. The molecule has 0 N–H and O–H groups in total. The summed E-state index contributed by atoms with van der Waals surface area (Å²) in [7, 11) is 0. The number of para-hydroxylation sites is 2. The van der Waals surface area contributed by atoms with E-state index in [1.807, 2.05) is 55.1 Å². The minimum atomic E-state index is -0.602. The lowest BCUT2D eigenvalue weighted by atomic mass is 10.0. The van der Waals surface area contributed by atoms with Gasteiger partial charge in [0.1, 0.15) is 12.3 Å². The van der Waals surface area contributed by atoms with E-state index in [-0.39, 0.29) is 24.3 Å². The molecule has 3 heterocycles. The molecule has 0 saturated carbocycles. The quantitative estimate of drug-likeness (QED) is 0.611. The topological polar surface area (TPSA) is 75.2 Å². The lowest BCUT2D eigenvalue weighted by molar-refractivity contribution is -0.134. The summed E-state index contributed by atoms with van der Waals surface area (Å²) in [6.07, 6.45) is 2.86. The summed E-state index contributed by atoms with van der Waals surface area (Å²) in [5.41, 5.74) is 1.65. The monoisotopic (exact) mass is 452 g/mol. The summed E-state index contributed by atoms with van der Waals surface area (Å²) in [6.45, 7) is 8.86. The molecule has 0 radical (unpaired) electrons. The molecular weight excluding hydrogens is 420 g/mol. The van der Waals surface area contributed by atoms with Gasteiger partial charge in [0, 0.05) is 45.1 Å². The van der Waals surface area contributed by atoms with Crippen molar-refractivity contribution in [2.45, 2.75) is 26.5 Å². The van der Waals surface area contributed by atoms with Crippen LogP contribution in [0.1, 0.15) is 19.4 Å². The first-order valence-corrected chi connectivity index (χ1v) is 11.6. The van der Waals surface area contributed by atoms with Crippen molar-refractivity contribution in [1.82, 2.24) is 14.8 Å². The summed E-state index contributed by atoms with van der Waals surface area (Å²) in [6, 6.07) is 11.2. The predicted octanol–water partition coefficient (Wildman–Crippen LogP) is 2.19. The zero-order valence-electron chi connectivity index (χ0n) is 19.4. The third-order valence-electron chi connectivity index (χ3n) is 6.08. The van der Waals surface area contributed by atoms with E-state index in [0.29, 0.717) is 37.7 Å². The number of rotatable bonds is 8. The van der Waals surface area contributed by atoms with Gasteiger partial charge in [-0.25, -0.2) is 0 Å². The Morgan fingerprint density at radius 3 is 2.61 bits per heavy atom. The number of anilines is 1. The number of carbonyl (C=O) groups excluding carboxylic acids is 2. The van der Waals surface area contributed by atoms with Gasteiger partial charge in [-0.05, 0) is 35.7 Å². The Balaban J connectivity index is 1.52. The maximum Gasteiger partial charge on any atom is 0.268 e. The molecule has 0 bridgehead atoms. The molecule has 1 saturated heterocycles. The van der Waals surface area contributed by atoms with Crippen LogP contribution in [-0.2, 0) is 20.9 Å². The van der Waals surface area contributed by atoms with E-state index < -0.39 is 6.10 Å². The van der Waals surface area contributed by atoms with Crippen LogP contribution in [0, 0.1) is 5.92 Å². The van der Waals surface area contributed by atoms with Gasteiger partial charge in [-0.15, -0.1) is 0 Å². The second kappa shape index (κ2) is 10.8. The van der Waals surface area contributed by atoms with Gasteiger partial charge >= 0.3 is 0 Å². The summed E-state index contributed by atoms with van der Waals surface area (Å²) in [4.78, 5) is 36.6. The molecular formula is C25H32N4O4. The number of amides is 2. The van der Waals surface area contributed by atoms with Crippen molar-refractivity contribution in [3.63, 3.8) is 0 Å². The molecule has 2 aromatic rings. The number of morpholine rings is 1. The number of ether oxygens (including phenoxy) is 2. The second-order valence-electron chi connectivity index (χ2n) is 8.80. The van der Waals surface area contributed by atoms with E-state index in [2.05, 4.69) is 9.88 Å². The van der Waals surface area contributed by atoms with Gasteiger partial charge in [-0.1, -0.05) is 26.0 Å². The minimum Gasteiger partial charge on any atom is -0.478 e. The van der Waals surface area contributed by atoms with Crippen LogP contribution >= 0.6 is 0 Å². The Bertz CT molecular complexity index is 946. The molecule has 33 heavy (non-hydrogen) atoms. The van der Waals surface area contributed by atoms with E-state index >= 15 is 0 Å². The van der Waals surface area contributed by atoms with E-state index in [1.165, 1.54) is 0 Å². The molecule has 2 aliphatic rings. The van der Waals surface area contributed by atoms with Gasteiger partial charge in [0.2, 0.25) is 5.91 Å². The normalized spacial score (nSPS) is 18.7. The smallest absolute Gasteiger partial charge is 0.268 e. The van der Waals surface area contributed by atoms with Crippen molar-refractivity contribution in [1.29, 1.82) is 0 Å². The van der Waals surface area contributed by atoms with Crippen LogP contribution < -0.4 is 9.64 Å². The molecule has 2 aliphatic heterocycles. The number of hydrogen-bond acceptors (Lipinski definition) is 6. The van der Waals surface area contributed by atoms with Crippen LogP contribution in [0.3, 0.4) is 0 Å². The molecule has 1 aromatic carbocycles. The van der Waals surface area contributed by atoms with Gasteiger partial charge in [0.05, 0.1) is 18.9 Å². The lowest BCUT2D eigenvalue weighted by Crippen LogP contribution is -2.52. The van der Waals surface area contributed by atoms with Crippen LogP contribution in [0.4, 0.5) is 5.69 Å². The molecule has 2 amide bonds. The average molecular weight is 453 g/mol. The maximum absolute atomic E-state index is 13.6. The second-order valence-corrected chi connectivity index (χ2v) is 8.80. The number of aromatic nitrogens is 1. The molecule has 4 rings (SSSR count). The van der Waals surface area contributed by atoms with Gasteiger partial charge in [0.25, 0.3) is 5.91 Å². The van der Waals surface area contributed by atoms with E-state index in [4.69, 9.17) is 9.47 Å². The first kappa shape index (κ1) is 23.2. The molecule has 176 valence electrons. The van der Waals surface area contributed by atoms with Crippen molar-refractivity contribution in [2.75, 3.05) is 50.8 Å². The van der Waals surface area contributed by atoms with Crippen molar-refractivity contribution in [3.05, 3.63) is 54.4 Å². The van der Waals surface area contributed by atoms with Crippen LogP contribution in [0.5, 0.6) is 5.75 Å². The number of benzene rings is 1. The van der Waals surface area contributed by atoms with Gasteiger partial charge in [-0.3, -0.25) is 24.4 Å². The maximum atomic E-state index is 13.6. The molecule has 8 nitrogen and oxygen atoms in total. The fourth-order valence-corrected chi connectivity index (χ4v) is 4.15. The minimum absolute atomic E-state index is 0.00213. The van der Waals surface area contributed by atoms with Crippen molar-refractivity contribution in [3.8, 4) is 5.75 Å². The van der Waals surface area contributed by atoms with Crippen molar-refractivity contribution < 1.29 is 19.1 Å². The van der Waals surface area contributed by atoms with Gasteiger partial charge in [0.15, 0.2) is 6.10 Å². The highest BCUT2D eigenvalue weighted by Gasteiger charge is 2.37. The number of hydrogen-bond donors (Lipinski definition) is 0. The summed E-state index contributed by atoms with van der Waals surface area (Å²) < 4.78 is 11.4. The molecule has 1 fully saturated rings. The SMILES string of the molecule is CC(C)C1Oc2ccccc2N(CC(=O)N(CCN2CCOCC2)Cc2ccncc2)C1=O. The Morgan fingerprint density at radius 2 is 1.88 bits per heavy atom. The number of nitrogens with zero attached hydrogens (tertiary/aromatic N) is 4. The van der Waals surface area contributed by atoms with Gasteiger partial charge in [-0.2, -0.15) is 0 Å². The standard InChI is InChI=1S/C25H32N4O4/c1-19(2)24-25(31)29(21-5-3-4-6-22(21)33-24)18-23(30)28(17-20-7-9-26-10-8-20)12-11-27-13-15-32-16-14-27/h3-10,19,24H,11-18H2,1-2H3. The average Bonchev–Trinajstić information content (AvgIpc) is 2.84. The van der Waals surface area contributed by atoms with Crippen LogP contribution in [-0.4, -0.2) is 78.6 Å². The number of fused-ring (bicyclic) bond motifs is 1. The molecule has 1 aromatic heterocycles. The fourth-order valence-electron chi connectivity index (χ4n) is 4.15. The molecule has 0 spiro atoms. The van der Waals surface area contributed by atoms with Crippen molar-refractivity contribution in [2.24, 2.45) is 5.92 Å². The largest absolute Gasteiger partial charge is 0.478 e. The van der Waals surface area contributed by atoms with Crippen LogP contribution in [0.2, 0.25) is 0 Å². The molecule has 1 atom stereocenters. The fraction of sp³-hybridized carbons (Fsp3) is 0.480. The summed E-state index contributed by atoms with van der Waals surface area (Å²) in [5.74, 6) is 0.372. The van der Waals surface area contributed by atoms with E-state index in [9.17, 15) is 9.59 Å². The lowest BCUT2D eigenvalue weighted by Gasteiger charge is -2.37.